The molecule has 1 heterocycles. The third kappa shape index (κ3) is 3.64. The lowest BCUT2D eigenvalue weighted by Crippen LogP contribution is -2.55. The predicted octanol–water partition coefficient (Wildman–Crippen LogP) is 0.0850. The zero-order chi connectivity index (χ0) is 13.5. The smallest absolute Gasteiger partial charge is 0.511 e. The summed E-state index contributed by atoms with van der Waals surface area (Å²) < 4.78 is 8.78. The van der Waals surface area contributed by atoms with Crippen LogP contribution in [0, 0.1) is 5.21 Å². The first kappa shape index (κ1) is 13.8. The van der Waals surface area contributed by atoms with Crippen LogP contribution in [0.25, 0.3) is 0 Å². The number of ether oxygens (including phenoxy) is 2. The monoisotopic (exact) mass is 263 g/mol. The van der Waals surface area contributed by atoms with E-state index in [-0.39, 0.29) is 18.1 Å². The normalized spacial score (nSPS) is 18.8. The number of carboxylic acid groups (broad SMARTS) is 1. The van der Waals surface area contributed by atoms with Gasteiger partial charge < -0.3 is 24.6 Å². The van der Waals surface area contributed by atoms with Crippen LogP contribution in [-0.2, 0) is 19.1 Å². The van der Waals surface area contributed by atoms with E-state index < -0.39 is 25.0 Å². The van der Waals surface area contributed by atoms with Crippen molar-refractivity contribution in [2.45, 2.75) is 19.4 Å². The maximum absolute atomic E-state index is 11.2. The molecule has 18 heavy (non-hydrogen) atoms. The first-order chi connectivity index (χ1) is 8.56. The van der Waals surface area contributed by atoms with Gasteiger partial charge in [-0.2, -0.15) is 0 Å². The van der Waals surface area contributed by atoms with E-state index in [4.69, 9.17) is 5.11 Å². The lowest BCUT2D eigenvalue weighted by Gasteiger charge is -2.31. The Labute approximate surface area is 102 Å². The molecule has 0 amide bonds. The number of hydrazine groups is 1. The molecule has 10 heteroatoms. The van der Waals surface area contributed by atoms with Gasteiger partial charge in [0.25, 0.3) is 6.79 Å². The average molecular weight is 263 g/mol. The molecule has 1 N–H and O–H groups in total. The highest BCUT2D eigenvalue weighted by Crippen LogP contribution is 2.17. The highest BCUT2D eigenvalue weighted by molar-refractivity contribution is 5.74. The Balaban J connectivity index is 2.26. The summed E-state index contributed by atoms with van der Waals surface area (Å²) in [5.41, 5.74) is 0. The standard InChI is InChI=1S/C8H13N3O7/c1-2-16-8(14)17-5-18-9-11(15)10-4-3-6(10)7(12)13/h6H,2-5H2,1H3,(H,12,13)/b11-9-/t6-/m0/s1. The maximum Gasteiger partial charge on any atom is 0.511 e. The fourth-order valence-corrected chi connectivity index (χ4v) is 1.18. The molecule has 1 aliphatic heterocycles. The largest absolute Gasteiger partial charge is 0.569 e. The quantitative estimate of drug-likeness (QED) is 0.178. The van der Waals surface area contributed by atoms with Crippen LogP contribution < -0.4 is 0 Å². The molecule has 0 aromatic rings. The Bertz CT molecular complexity index is 346. The van der Waals surface area contributed by atoms with Crippen molar-refractivity contribution in [3.63, 3.8) is 0 Å². The van der Waals surface area contributed by atoms with Crippen LogP contribution in [0.2, 0.25) is 0 Å². The van der Waals surface area contributed by atoms with E-state index in [1.54, 1.807) is 6.92 Å². The van der Waals surface area contributed by atoms with Crippen molar-refractivity contribution < 1.29 is 34.0 Å². The van der Waals surface area contributed by atoms with E-state index in [1.165, 1.54) is 0 Å². The van der Waals surface area contributed by atoms with Gasteiger partial charge in [0.2, 0.25) is 5.28 Å². The van der Waals surface area contributed by atoms with Gasteiger partial charge in [0, 0.05) is 6.42 Å². The summed E-state index contributed by atoms with van der Waals surface area (Å²) in [5.74, 6) is -1.11. The summed E-state index contributed by atoms with van der Waals surface area (Å²) in [7, 11) is 0. The molecule has 1 rings (SSSR count). The lowest BCUT2D eigenvalue weighted by molar-refractivity contribution is -0.729. The molecule has 0 aromatic heterocycles. The van der Waals surface area contributed by atoms with Gasteiger partial charge in [0.05, 0.1) is 18.1 Å². The van der Waals surface area contributed by atoms with Crippen LogP contribution in [0.3, 0.4) is 0 Å². The molecule has 0 aromatic carbocycles. The number of nitrogens with zero attached hydrogens (tertiary/aromatic N) is 3. The van der Waals surface area contributed by atoms with Crippen LogP contribution in [0.1, 0.15) is 13.3 Å². The maximum atomic E-state index is 11.2. The summed E-state index contributed by atoms with van der Waals surface area (Å²) in [6, 6.07) is -0.902. The molecule has 1 fully saturated rings. The summed E-state index contributed by atoms with van der Waals surface area (Å²) in [6.45, 7) is 1.43. The molecule has 0 bridgehead atoms. The summed E-state index contributed by atoms with van der Waals surface area (Å²) >= 11 is 0. The van der Waals surface area contributed by atoms with Crippen LogP contribution >= 0.6 is 0 Å². The molecule has 0 unspecified atom stereocenters. The molecule has 0 aliphatic carbocycles. The minimum atomic E-state index is -1.11. The molecule has 0 radical (unpaired) electrons. The Morgan fingerprint density at radius 2 is 2.28 bits per heavy atom. The molecular formula is C8H13N3O7. The average Bonchev–Trinajstić information content (AvgIpc) is 2.22. The Kier molecular flexibility index (Phi) is 4.96. The summed E-state index contributed by atoms with van der Waals surface area (Å²) in [6.07, 6.45) is -0.583. The van der Waals surface area contributed by atoms with Crippen molar-refractivity contribution in [3.8, 4) is 0 Å². The molecule has 102 valence electrons. The number of rotatable bonds is 6. The number of carbonyl (C=O) groups excluding carboxylic acids is 1. The van der Waals surface area contributed by atoms with Gasteiger partial charge in [0.1, 0.15) is 0 Å². The number of hydrogen-bond donors (Lipinski definition) is 1. The molecule has 1 aliphatic rings. The minimum absolute atomic E-state index is 0.0107. The van der Waals surface area contributed by atoms with Gasteiger partial charge in [-0.25, -0.2) is 9.59 Å². The van der Waals surface area contributed by atoms with E-state index in [0.29, 0.717) is 6.42 Å². The molecule has 0 saturated carbocycles. The first-order valence-electron chi connectivity index (χ1n) is 5.15. The second kappa shape index (κ2) is 6.47. The topological polar surface area (TPSA) is 124 Å². The SMILES string of the molecule is CCOC(=O)OCO/N=[N+](\[O-])N1CC[C@H]1C(=O)O. The Morgan fingerprint density at radius 1 is 1.56 bits per heavy atom. The van der Waals surface area contributed by atoms with Crippen molar-refractivity contribution in [1.29, 1.82) is 0 Å². The number of hydrogen-bond acceptors (Lipinski definition) is 7. The van der Waals surface area contributed by atoms with Crippen molar-refractivity contribution in [3.05, 3.63) is 5.21 Å². The highest BCUT2D eigenvalue weighted by atomic mass is 16.8. The molecule has 1 atom stereocenters. The van der Waals surface area contributed by atoms with Crippen molar-refractivity contribution in [2.75, 3.05) is 19.9 Å². The van der Waals surface area contributed by atoms with E-state index in [0.717, 1.165) is 5.01 Å². The summed E-state index contributed by atoms with van der Waals surface area (Å²) in [4.78, 5) is 25.7. The van der Waals surface area contributed by atoms with Crippen LogP contribution in [0.15, 0.2) is 5.28 Å². The van der Waals surface area contributed by atoms with Crippen LogP contribution in [0.4, 0.5) is 4.79 Å². The van der Waals surface area contributed by atoms with E-state index >= 15 is 0 Å². The van der Waals surface area contributed by atoms with Gasteiger partial charge >= 0.3 is 12.1 Å². The van der Waals surface area contributed by atoms with Crippen molar-refractivity contribution in [1.82, 2.24) is 5.01 Å². The van der Waals surface area contributed by atoms with Gasteiger partial charge in [-0.1, -0.05) is 0 Å². The fourth-order valence-electron chi connectivity index (χ4n) is 1.18. The molecule has 10 nitrogen and oxygen atoms in total. The van der Waals surface area contributed by atoms with Crippen molar-refractivity contribution in [2.24, 2.45) is 5.28 Å². The fraction of sp³-hybridized carbons (Fsp3) is 0.750. The number of carboxylic acids is 1. The highest BCUT2D eigenvalue weighted by Gasteiger charge is 2.41. The van der Waals surface area contributed by atoms with Gasteiger partial charge in [-0.05, 0) is 6.92 Å². The number of carbonyl (C=O) groups is 2. The van der Waals surface area contributed by atoms with E-state index in [9.17, 15) is 14.8 Å². The van der Waals surface area contributed by atoms with Crippen LogP contribution in [0.5, 0.6) is 0 Å². The molecule has 1 saturated heterocycles. The molecular weight excluding hydrogens is 250 g/mol. The lowest BCUT2D eigenvalue weighted by atomic mass is 10.1. The van der Waals surface area contributed by atoms with Gasteiger partial charge in [0.15, 0.2) is 6.04 Å². The molecule has 0 spiro atoms. The first-order valence-corrected chi connectivity index (χ1v) is 5.15. The zero-order valence-electron chi connectivity index (χ0n) is 9.64. The minimum Gasteiger partial charge on any atom is -0.569 e. The van der Waals surface area contributed by atoms with Crippen LogP contribution in [-0.4, -0.2) is 53.2 Å². The second-order valence-electron chi connectivity index (χ2n) is 3.21. The van der Waals surface area contributed by atoms with Crippen molar-refractivity contribution >= 4 is 12.1 Å². The third-order valence-electron chi connectivity index (χ3n) is 2.12. The van der Waals surface area contributed by atoms with Gasteiger partial charge in [-0.15, -0.1) is 5.01 Å². The van der Waals surface area contributed by atoms with Gasteiger partial charge in [-0.3, -0.25) is 0 Å². The summed E-state index contributed by atoms with van der Waals surface area (Å²) in [5, 5.41) is 23.9. The third-order valence-corrected chi connectivity index (χ3v) is 2.12. The van der Waals surface area contributed by atoms with E-state index in [1.807, 2.05) is 0 Å². The Hall–Kier alpha value is -2.26. The zero-order valence-corrected chi connectivity index (χ0v) is 9.64. The van der Waals surface area contributed by atoms with E-state index in [2.05, 4.69) is 19.6 Å². The Morgan fingerprint density at radius 3 is 2.78 bits per heavy atom. The predicted molar refractivity (Wildman–Crippen MR) is 52.9 cm³/mol. The number of aliphatic carboxylic acids is 1. The second-order valence-corrected chi connectivity index (χ2v) is 3.21.